The molecule has 0 radical (unpaired) electrons. The molecular formula is C12H24N2O3. The second kappa shape index (κ2) is 4.82. The molecule has 0 spiro atoms. The van der Waals surface area contributed by atoms with Crippen molar-refractivity contribution in [1.29, 1.82) is 0 Å². The SMILES string of the molecule is CC(C)(C)OC(=O)NCC1CCC(C)(C)N1O. The first-order chi connectivity index (χ1) is 7.62. The number of amides is 1. The number of carbonyl (C=O) groups excluding carboxylic acids is 1. The molecule has 0 aliphatic carbocycles. The Balaban J connectivity index is 2.35. The monoisotopic (exact) mass is 244 g/mol. The van der Waals surface area contributed by atoms with Crippen LogP contribution in [-0.4, -0.2) is 40.1 Å². The van der Waals surface area contributed by atoms with Crippen molar-refractivity contribution in [3.63, 3.8) is 0 Å². The second-order valence-electron chi connectivity index (χ2n) is 6.23. The summed E-state index contributed by atoms with van der Waals surface area (Å²) in [4.78, 5) is 11.4. The molecular weight excluding hydrogens is 220 g/mol. The number of carbonyl (C=O) groups is 1. The molecule has 5 nitrogen and oxygen atoms in total. The summed E-state index contributed by atoms with van der Waals surface area (Å²) < 4.78 is 5.13. The predicted molar refractivity (Wildman–Crippen MR) is 65.0 cm³/mol. The van der Waals surface area contributed by atoms with Gasteiger partial charge in [-0.15, -0.1) is 0 Å². The summed E-state index contributed by atoms with van der Waals surface area (Å²) in [5.41, 5.74) is -0.696. The molecule has 17 heavy (non-hydrogen) atoms. The average Bonchev–Trinajstić information content (AvgIpc) is 2.37. The average molecular weight is 244 g/mol. The quantitative estimate of drug-likeness (QED) is 0.781. The molecule has 1 saturated heterocycles. The number of alkyl carbamates (subject to hydrolysis) is 1. The number of rotatable bonds is 2. The molecule has 1 amide bonds. The fourth-order valence-electron chi connectivity index (χ4n) is 1.95. The highest BCUT2D eigenvalue weighted by Crippen LogP contribution is 2.30. The van der Waals surface area contributed by atoms with Gasteiger partial charge in [0.05, 0.1) is 6.04 Å². The van der Waals surface area contributed by atoms with Crippen LogP contribution in [0.1, 0.15) is 47.5 Å². The van der Waals surface area contributed by atoms with Crippen molar-refractivity contribution >= 4 is 6.09 Å². The van der Waals surface area contributed by atoms with Crippen LogP contribution in [0.25, 0.3) is 0 Å². The molecule has 1 aliphatic heterocycles. The molecule has 1 unspecified atom stereocenters. The fraction of sp³-hybridized carbons (Fsp3) is 0.917. The first-order valence-electron chi connectivity index (χ1n) is 6.07. The highest BCUT2D eigenvalue weighted by atomic mass is 16.6. The van der Waals surface area contributed by atoms with Crippen molar-refractivity contribution in [3.05, 3.63) is 0 Å². The van der Waals surface area contributed by atoms with Gasteiger partial charge in [-0.2, -0.15) is 5.06 Å². The Kier molecular flexibility index (Phi) is 4.04. The Bertz CT molecular complexity index is 284. The van der Waals surface area contributed by atoms with E-state index in [9.17, 15) is 10.0 Å². The first kappa shape index (κ1) is 14.3. The number of ether oxygens (including phenoxy) is 1. The highest BCUT2D eigenvalue weighted by Gasteiger charge is 2.38. The van der Waals surface area contributed by atoms with E-state index in [0.29, 0.717) is 6.54 Å². The molecule has 5 heteroatoms. The van der Waals surface area contributed by atoms with Gasteiger partial charge >= 0.3 is 6.09 Å². The molecule has 1 heterocycles. The van der Waals surface area contributed by atoms with Crippen LogP contribution < -0.4 is 5.32 Å². The van der Waals surface area contributed by atoms with Crippen LogP contribution in [0.15, 0.2) is 0 Å². The van der Waals surface area contributed by atoms with E-state index in [-0.39, 0.29) is 11.6 Å². The zero-order chi connectivity index (χ0) is 13.3. The molecule has 1 fully saturated rings. The molecule has 1 rings (SSSR count). The van der Waals surface area contributed by atoms with E-state index in [1.165, 1.54) is 5.06 Å². The topological polar surface area (TPSA) is 61.8 Å². The van der Waals surface area contributed by atoms with Gasteiger partial charge in [0.25, 0.3) is 0 Å². The van der Waals surface area contributed by atoms with Crippen molar-refractivity contribution in [3.8, 4) is 0 Å². The lowest BCUT2D eigenvalue weighted by atomic mass is 10.0. The summed E-state index contributed by atoms with van der Waals surface area (Å²) in [6.07, 6.45) is 1.36. The van der Waals surface area contributed by atoms with Crippen molar-refractivity contribution in [2.24, 2.45) is 0 Å². The minimum atomic E-state index is -0.488. The molecule has 0 aromatic rings. The maximum Gasteiger partial charge on any atom is 0.407 e. The normalized spacial score (nSPS) is 24.7. The van der Waals surface area contributed by atoms with Crippen molar-refractivity contribution in [2.75, 3.05) is 6.54 Å². The molecule has 100 valence electrons. The number of hydroxylamine groups is 2. The smallest absolute Gasteiger partial charge is 0.407 e. The number of nitrogens with zero attached hydrogens (tertiary/aromatic N) is 1. The predicted octanol–water partition coefficient (Wildman–Crippen LogP) is 2.14. The number of hydrogen-bond donors (Lipinski definition) is 2. The minimum Gasteiger partial charge on any atom is -0.444 e. The van der Waals surface area contributed by atoms with Crippen LogP contribution in [0, 0.1) is 0 Å². The van der Waals surface area contributed by atoms with Gasteiger partial charge in [-0.25, -0.2) is 4.79 Å². The Morgan fingerprint density at radius 1 is 1.53 bits per heavy atom. The zero-order valence-corrected chi connectivity index (χ0v) is 11.4. The molecule has 0 bridgehead atoms. The van der Waals surface area contributed by atoms with E-state index >= 15 is 0 Å². The van der Waals surface area contributed by atoms with Gasteiger partial charge in [-0.1, -0.05) is 0 Å². The molecule has 0 aromatic carbocycles. The van der Waals surface area contributed by atoms with Gasteiger partial charge in [-0.05, 0) is 47.5 Å². The molecule has 0 aromatic heterocycles. The van der Waals surface area contributed by atoms with Gasteiger partial charge in [-0.3, -0.25) is 0 Å². The van der Waals surface area contributed by atoms with E-state index in [2.05, 4.69) is 5.32 Å². The Hall–Kier alpha value is -0.810. The maximum atomic E-state index is 11.4. The summed E-state index contributed by atoms with van der Waals surface area (Å²) in [5.74, 6) is 0. The number of nitrogens with one attached hydrogen (secondary N) is 1. The van der Waals surface area contributed by atoms with E-state index in [4.69, 9.17) is 4.74 Å². The van der Waals surface area contributed by atoms with Crippen molar-refractivity contribution in [1.82, 2.24) is 10.4 Å². The van der Waals surface area contributed by atoms with Crippen LogP contribution in [0.4, 0.5) is 4.79 Å². The Labute approximate surface area is 103 Å². The molecule has 0 saturated carbocycles. The van der Waals surface area contributed by atoms with Gasteiger partial charge in [0.1, 0.15) is 5.60 Å². The van der Waals surface area contributed by atoms with Crippen LogP contribution in [-0.2, 0) is 4.74 Å². The van der Waals surface area contributed by atoms with Crippen molar-refractivity contribution < 1.29 is 14.7 Å². The first-order valence-corrected chi connectivity index (χ1v) is 6.07. The van der Waals surface area contributed by atoms with E-state index in [0.717, 1.165) is 12.8 Å². The molecule has 2 N–H and O–H groups in total. The fourth-order valence-corrected chi connectivity index (χ4v) is 1.95. The van der Waals surface area contributed by atoms with Gasteiger partial charge in [0.15, 0.2) is 0 Å². The van der Waals surface area contributed by atoms with Crippen LogP contribution in [0.3, 0.4) is 0 Å². The summed E-state index contributed by atoms with van der Waals surface area (Å²) in [5, 5.41) is 13.9. The van der Waals surface area contributed by atoms with Crippen LogP contribution >= 0.6 is 0 Å². The zero-order valence-electron chi connectivity index (χ0n) is 11.4. The summed E-state index contributed by atoms with van der Waals surface area (Å²) in [7, 11) is 0. The lowest BCUT2D eigenvalue weighted by molar-refractivity contribution is -0.162. The molecule has 1 aliphatic rings. The number of hydrogen-bond acceptors (Lipinski definition) is 4. The standard InChI is InChI=1S/C12H24N2O3/c1-11(2,3)17-10(15)13-8-9-6-7-12(4,5)14(9)16/h9,16H,6-8H2,1-5H3,(H,13,15). The van der Waals surface area contributed by atoms with Gasteiger partial charge < -0.3 is 15.3 Å². The second-order valence-corrected chi connectivity index (χ2v) is 6.23. The van der Waals surface area contributed by atoms with E-state index < -0.39 is 11.7 Å². The lowest BCUT2D eigenvalue weighted by Crippen LogP contribution is -2.46. The third-order valence-electron chi connectivity index (χ3n) is 2.94. The Morgan fingerprint density at radius 2 is 2.12 bits per heavy atom. The van der Waals surface area contributed by atoms with E-state index in [1.54, 1.807) is 0 Å². The Morgan fingerprint density at radius 3 is 2.53 bits per heavy atom. The van der Waals surface area contributed by atoms with Crippen molar-refractivity contribution in [2.45, 2.75) is 64.6 Å². The largest absolute Gasteiger partial charge is 0.444 e. The van der Waals surface area contributed by atoms with Crippen LogP contribution in [0.5, 0.6) is 0 Å². The summed E-state index contributed by atoms with van der Waals surface area (Å²) >= 11 is 0. The van der Waals surface area contributed by atoms with Gasteiger partial charge in [0, 0.05) is 12.1 Å². The third kappa shape index (κ3) is 4.16. The third-order valence-corrected chi connectivity index (χ3v) is 2.94. The summed E-state index contributed by atoms with van der Waals surface area (Å²) in [6, 6.07) is -0.0301. The van der Waals surface area contributed by atoms with Crippen LogP contribution in [0.2, 0.25) is 0 Å². The van der Waals surface area contributed by atoms with E-state index in [1.807, 2.05) is 34.6 Å². The molecule has 1 atom stereocenters. The maximum absolute atomic E-state index is 11.4. The lowest BCUT2D eigenvalue weighted by Gasteiger charge is -2.29. The summed E-state index contributed by atoms with van der Waals surface area (Å²) in [6.45, 7) is 9.85. The minimum absolute atomic E-state index is 0.0301. The van der Waals surface area contributed by atoms with Gasteiger partial charge in [0.2, 0.25) is 0 Å². The highest BCUT2D eigenvalue weighted by molar-refractivity contribution is 5.67.